The van der Waals surface area contributed by atoms with Gasteiger partial charge in [-0.3, -0.25) is 14.5 Å². The summed E-state index contributed by atoms with van der Waals surface area (Å²) in [7, 11) is 1.94. The van der Waals surface area contributed by atoms with Gasteiger partial charge in [-0.15, -0.1) is 0 Å². The van der Waals surface area contributed by atoms with Crippen LogP contribution in [0.1, 0.15) is 49.7 Å². The minimum Gasteiger partial charge on any atom is -0.342 e. The number of aryl methyl sites for hydroxylation is 1. The number of amides is 2. The van der Waals surface area contributed by atoms with E-state index < -0.39 is 0 Å². The van der Waals surface area contributed by atoms with Gasteiger partial charge in [-0.2, -0.15) is 0 Å². The zero-order valence-corrected chi connectivity index (χ0v) is 18.0. The van der Waals surface area contributed by atoms with Crippen molar-refractivity contribution >= 4 is 11.8 Å². The van der Waals surface area contributed by atoms with E-state index in [1.54, 1.807) is 0 Å². The minimum atomic E-state index is 0.101. The Kier molecular flexibility index (Phi) is 6.23. The average Bonchev–Trinajstić information content (AvgIpc) is 3.60. The Hall–Kier alpha value is -1.88. The number of benzene rings is 1. The van der Waals surface area contributed by atoms with Crippen LogP contribution in [0.4, 0.5) is 0 Å². The molecule has 1 atom stereocenters. The van der Waals surface area contributed by atoms with Crippen LogP contribution in [0.3, 0.4) is 0 Å². The van der Waals surface area contributed by atoms with Gasteiger partial charge in [-0.05, 0) is 63.1 Å². The van der Waals surface area contributed by atoms with Crippen LogP contribution >= 0.6 is 0 Å². The van der Waals surface area contributed by atoms with Gasteiger partial charge < -0.3 is 9.80 Å². The molecule has 0 aromatic heterocycles. The molecule has 158 valence electrons. The molecule has 0 bridgehead atoms. The van der Waals surface area contributed by atoms with Gasteiger partial charge >= 0.3 is 0 Å². The first-order valence-corrected chi connectivity index (χ1v) is 11.3. The summed E-state index contributed by atoms with van der Waals surface area (Å²) in [6.45, 7) is 6.54. The smallest absolute Gasteiger partial charge is 0.227 e. The van der Waals surface area contributed by atoms with Crippen molar-refractivity contribution in [1.82, 2.24) is 14.7 Å². The lowest BCUT2D eigenvalue weighted by atomic mass is 9.92. The summed E-state index contributed by atoms with van der Waals surface area (Å²) in [5.41, 5.74) is 2.47. The zero-order valence-electron chi connectivity index (χ0n) is 18.0. The summed E-state index contributed by atoms with van der Waals surface area (Å²) < 4.78 is 0. The maximum atomic E-state index is 13.1. The molecule has 3 aliphatic rings. The number of carbonyl (C=O) groups excluding carboxylic acids is 2. The lowest BCUT2D eigenvalue weighted by Gasteiger charge is -2.42. The molecule has 1 aromatic rings. The molecule has 5 nitrogen and oxygen atoms in total. The Labute approximate surface area is 175 Å². The van der Waals surface area contributed by atoms with Crippen LogP contribution in [0.25, 0.3) is 0 Å². The zero-order chi connectivity index (χ0) is 20.4. The van der Waals surface area contributed by atoms with Gasteiger partial charge in [-0.1, -0.05) is 24.3 Å². The van der Waals surface area contributed by atoms with Crippen molar-refractivity contribution in [3.63, 3.8) is 0 Å². The van der Waals surface area contributed by atoms with E-state index >= 15 is 0 Å². The van der Waals surface area contributed by atoms with Gasteiger partial charge in [0.25, 0.3) is 0 Å². The van der Waals surface area contributed by atoms with E-state index in [0.29, 0.717) is 24.4 Å². The summed E-state index contributed by atoms with van der Waals surface area (Å²) >= 11 is 0. The second kappa shape index (κ2) is 8.86. The van der Waals surface area contributed by atoms with Crippen LogP contribution in [0.2, 0.25) is 0 Å². The van der Waals surface area contributed by atoms with Crippen LogP contribution in [0, 0.1) is 18.8 Å². The Morgan fingerprint density at radius 2 is 1.72 bits per heavy atom. The van der Waals surface area contributed by atoms with Crippen LogP contribution in [0.15, 0.2) is 24.3 Å². The van der Waals surface area contributed by atoms with E-state index in [4.69, 9.17) is 0 Å². The summed E-state index contributed by atoms with van der Waals surface area (Å²) in [5.74, 6) is 1.09. The normalized spacial score (nSPS) is 23.8. The standard InChI is InChI=1S/C24H35N3O2/c1-18-6-3-4-7-20(18)16-25(2)23(28)21-8-5-13-27(17-21)22-11-14-26(15-12-22)24(29)19-9-10-19/h3-4,6-7,19,21-22H,5,8-17H2,1-2H3/t21-/m0/s1. The van der Waals surface area contributed by atoms with E-state index in [2.05, 4.69) is 28.9 Å². The van der Waals surface area contributed by atoms with Gasteiger partial charge in [0, 0.05) is 45.2 Å². The highest BCUT2D eigenvalue weighted by atomic mass is 16.2. The molecule has 0 unspecified atom stereocenters. The van der Waals surface area contributed by atoms with Crippen molar-refractivity contribution in [2.24, 2.45) is 11.8 Å². The predicted molar refractivity (Wildman–Crippen MR) is 114 cm³/mol. The number of nitrogens with zero attached hydrogens (tertiary/aromatic N) is 3. The van der Waals surface area contributed by atoms with Crippen molar-refractivity contribution in [3.05, 3.63) is 35.4 Å². The molecule has 0 radical (unpaired) electrons. The molecule has 1 saturated carbocycles. The Balaban J connectivity index is 1.29. The van der Waals surface area contributed by atoms with Crippen LogP contribution in [-0.2, 0) is 16.1 Å². The molecular weight excluding hydrogens is 362 g/mol. The number of likely N-dealkylation sites (tertiary alicyclic amines) is 2. The Morgan fingerprint density at radius 1 is 1.00 bits per heavy atom. The lowest BCUT2D eigenvalue weighted by Crippen LogP contribution is -2.51. The molecule has 2 amide bonds. The molecule has 0 spiro atoms. The molecule has 29 heavy (non-hydrogen) atoms. The second-order valence-electron chi connectivity index (χ2n) is 9.29. The van der Waals surface area contributed by atoms with E-state index in [-0.39, 0.29) is 11.8 Å². The molecular formula is C24H35N3O2. The average molecular weight is 398 g/mol. The number of hydrogen-bond donors (Lipinski definition) is 0. The fraction of sp³-hybridized carbons (Fsp3) is 0.667. The molecule has 5 heteroatoms. The molecule has 1 aromatic carbocycles. The predicted octanol–water partition coefficient (Wildman–Crippen LogP) is 3.07. The highest BCUT2D eigenvalue weighted by molar-refractivity contribution is 5.81. The fourth-order valence-corrected chi connectivity index (χ4v) is 5.01. The van der Waals surface area contributed by atoms with Gasteiger partial charge in [0.15, 0.2) is 0 Å². The number of hydrogen-bond acceptors (Lipinski definition) is 3. The Bertz CT molecular complexity index is 737. The third kappa shape index (κ3) is 4.82. The van der Waals surface area contributed by atoms with E-state index in [1.807, 2.05) is 24.1 Å². The quantitative estimate of drug-likeness (QED) is 0.767. The van der Waals surface area contributed by atoms with E-state index in [9.17, 15) is 9.59 Å². The Morgan fingerprint density at radius 3 is 2.41 bits per heavy atom. The first-order chi connectivity index (χ1) is 14.0. The summed E-state index contributed by atoms with van der Waals surface area (Å²) in [4.78, 5) is 31.9. The number of piperidine rings is 2. The van der Waals surface area contributed by atoms with E-state index in [0.717, 1.165) is 64.7 Å². The monoisotopic (exact) mass is 397 g/mol. The largest absolute Gasteiger partial charge is 0.342 e. The molecule has 2 heterocycles. The summed E-state index contributed by atoms with van der Waals surface area (Å²) in [6.07, 6.45) is 6.37. The van der Waals surface area contributed by atoms with Crippen molar-refractivity contribution in [1.29, 1.82) is 0 Å². The van der Waals surface area contributed by atoms with Gasteiger partial charge in [0.1, 0.15) is 0 Å². The molecule has 3 fully saturated rings. The summed E-state index contributed by atoms with van der Waals surface area (Å²) in [6, 6.07) is 8.83. The summed E-state index contributed by atoms with van der Waals surface area (Å²) in [5, 5.41) is 0. The fourth-order valence-electron chi connectivity index (χ4n) is 5.01. The van der Waals surface area contributed by atoms with Crippen molar-refractivity contribution in [2.75, 3.05) is 33.2 Å². The molecule has 2 aliphatic heterocycles. The first kappa shape index (κ1) is 20.4. The van der Waals surface area contributed by atoms with Crippen molar-refractivity contribution in [3.8, 4) is 0 Å². The third-order valence-corrected chi connectivity index (χ3v) is 7.07. The second-order valence-corrected chi connectivity index (χ2v) is 9.29. The van der Waals surface area contributed by atoms with E-state index in [1.165, 1.54) is 11.1 Å². The third-order valence-electron chi connectivity index (χ3n) is 7.07. The maximum absolute atomic E-state index is 13.1. The van der Waals surface area contributed by atoms with Crippen molar-refractivity contribution < 1.29 is 9.59 Å². The van der Waals surface area contributed by atoms with Gasteiger partial charge in [0.2, 0.25) is 11.8 Å². The number of rotatable bonds is 5. The molecule has 1 aliphatic carbocycles. The van der Waals surface area contributed by atoms with Gasteiger partial charge in [-0.25, -0.2) is 0 Å². The molecule has 2 saturated heterocycles. The van der Waals surface area contributed by atoms with Crippen LogP contribution in [0.5, 0.6) is 0 Å². The highest BCUT2D eigenvalue weighted by Crippen LogP contribution is 2.33. The van der Waals surface area contributed by atoms with Gasteiger partial charge in [0.05, 0.1) is 5.92 Å². The lowest BCUT2D eigenvalue weighted by molar-refractivity contribution is -0.137. The first-order valence-electron chi connectivity index (χ1n) is 11.3. The SMILES string of the molecule is Cc1ccccc1CN(C)C(=O)[C@H]1CCCN(C2CCN(C(=O)C3CC3)CC2)C1. The van der Waals surface area contributed by atoms with Crippen molar-refractivity contribution in [2.45, 2.75) is 58.0 Å². The topological polar surface area (TPSA) is 43.9 Å². The van der Waals surface area contributed by atoms with Crippen LogP contribution in [-0.4, -0.2) is 65.8 Å². The maximum Gasteiger partial charge on any atom is 0.227 e. The molecule has 4 rings (SSSR count). The molecule has 0 N–H and O–H groups in total. The number of carbonyl (C=O) groups is 2. The van der Waals surface area contributed by atoms with Crippen LogP contribution < -0.4 is 0 Å². The minimum absolute atomic E-state index is 0.101. The highest BCUT2D eigenvalue weighted by Gasteiger charge is 2.37.